The van der Waals surface area contributed by atoms with Crippen molar-refractivity contribution < 1.29 is 9.90 Å². The molecular weight excluding hydrogens is 216 g/mol. The molecule has 1 fully saturated rings. The first-order valence-electron chi connectivity index (χ1n) is 6.61. The van der Waals surface area contributed by atoms with E-state index < -0.39 is 5.60 Å². The van der Waals surface area contributed by atoms with E-state index in [4.69, 9.17) is 0 Å². The summed E-state index contributed by atoms with van der Waals surface area (Å²) in [5.74, 6) is 0.568. The number of hydrogen-bond acceptors (Lipinski definition) is 3. The van der Waals surface area contributed by atoms with Crippen molar-refractivity contribution in [2.45, 2.75) is 45.6 Å². The van der Waals surface area contributed by atoms with E-state index in [2.05, 4.69) is 24.5 Å². The lowest BCUT2D eigenvalue weighted by atomic mass is 9.93. The lowest BCUT2D eigenvalue weighted by molar-refractivity contribution is -0.126. The van der Waals surface area contributed by atoms with Crippen LogP contribution in [-0.2, 0) is 4.79 Å². The van der Waals surface area contributed by atoms with E-state index in [0.717, 1.165) is 25.9 Å². The molecule has 1 heterocycles. The predicted molar refractivity (Wildman–Crippen MR) is 68.7 cm³/mol. The molecule has 0 spiro atoms. The van der Waals surface area contributed by atoms with Crippen molar-refractivity contribution in [1.29, 1.82) is 0 Å². The lowest BCUT2D eigenvalue weighted by Crippen LogP contribution is -2.46. The molecule has 2 atom stereocenters. The largest absolute Gasteiger partial charge is 0.388 e. The third kappa shape index (κ3) is 5.50. The molecule has 0 aliphatic carbocycles. The van der Waals surface area contributed by atoms with E-state index in [-0.39, 0.29) is 11.8 Å². The summed E-state index contributed by atoms with van der Waals surface area (Å²) in [4.78, 5) is 11.9. The van der Waals surface area contributed by atoms with Gasteiger partial charge < -0.3 is 15.7 Å². The number of aliphatic hydroxyl groups is 1. The first kappa shape index (κ1) is 14.5. The zero-order chi connectivity index (χ0) is 12.9. The maximum atomic E-state index is 11.9. The van der Waals surface area contributed by atoms with Crippen LogP contribution in [0.5, 0.6) is 0 Å². The van der Waals surface area contributed by atoms with Gasteiger partial charge in [-0.25, -0.2) is 0 Å². The molecule has 0 saturated carbocycles. The second-order valence-corrected chi connectivity index (χ2v) is 5.86. The van der Waals surface area contributed by atoms with Crippen LogP contribution >= 0.6 is 0 Å². The highest BCUT2D eigenvalue weighted by Gasteiger charge is 2.25. The molecule has 2 unspecified atom stereocenters. The molecule has 0 aromatic carbocycles. The molecule has 0 aromatic rings. The Kier molecular flexibility index (Phi) is 5.40. The number of rotatable bonds is 5. The summed E-state index contributed by atoms with van der Waals surface area (Å²) >= 11 is 0. The van der Waals surface area contributed by atoms with Gasteiger partial charge in [0.05, 0.1) is 11.5 Å². The second kappa shape index (κ2) is 6.36. The van der Waals surface area contributed by atoms with Crippen LogP contribution in [0.3, 0.4) is 0 Å². The highest BCUT2D eigenvalue weighted by Crippen LogP contribution is 2.16. The summed E-state index contributed by atoms with van der Waals surface area (Å²) in [7, 11) is 0. The minimum absolute atomic E-state index is 0.0681. The Morgan fingerprint density at radius 2 is 2.29 bits per heavy atom. The third-order valence-corrected chi connectivity index (χ3v) is 3.16. The van der Waals surface area contributed by atoms with Crippen molar-refractivity contribution in [2.24, 2.45) is 11.8 Å². The summed E-state index contributed by atoms with van der Waals surface area (Å²) in [6, 6.07) is 0. The monoisotopic (exact) mass is 242 g/mol. The Hall–Kier alpha value is -0.610. The van der Waals surface area contributed by atoms with Crippen molar-refractivity contribution >= 4 is 5.91 Å². The van der Waals surface area contributed by atoms with Gasteiger partial charge in [-0.3, -0.25) is 4.79 Å². The Labute approximate surface area is 104 Å². The lowest BCUT2D eigenvalue weighted by Gasteiger charge is -2.28. The molecule has 1 aliphatic rings. The zero-order valence-corrected chi connectivity index (χ0v) is 11.3. The Bertz CT molecular complexity index is 246. The van der Waals surface area contributed by atoms with Gasteiger partial charge in [-0.1, -0.05) is 13.8 Å². The number of amides is 1. The Morgan fingerprint density at radius 1 is 1.59 bits per heavy atom. The molecule has 1 saturated heterocycles. The van der Waals surface area contributed by atoms with Crippen LogP contribution in [0, 0.1) is 11.8 Å². The molecule has 1 rings (SSSR count). The topological polar surface area (TPSA) is 61.4 Å². The number of nitrogens with one attached hydrogen (secondary N) is 2. The zero-order valence-electron chi connectivity index (χ0n) is 11.3. The quantitative estimate of drug-likeness (QED) is 0.671. The van der Waals surface area contributed by atoms with E-state index in [1.54, 1.807) is 6.92 Å². The summed E-state index contributed by atoms with van der Waals surface area (Å²) in [6.07, 6.45) is 2.71. The van der Waals surface area contributed by atoms with Crippen LogP contribution in [0.1, 0.15) is 40.0 Å². The first-order chi connectivity index (χ1) is 7.91. The molecule has 0 bridgehead atoms. The number of carbonyl (C=O) groups is 1. The summed E-state index contributed by atoms with van der Waals surface area (Å²) in [5, 5.41) is 16.2. The molecule has 3 N–H and O–H groups in total. The fourth-order valence-electron chi connectivity index (χ4n) is 2.45. The maximum absolute atomic E-state index is 11.9. The minimum atomic E-state index is -0.800. The summed E-state index contributed by atoms with van der Waals surface area (Å²) in [5.41, 5.74) is -0.800. The molecule has 0 radical (unpaired) electrons. The Morgan fingerprint density at radius 3 is 2.82 bits per heavy atom. The molecule has 1 amide bonds. The fourth-order valence-corrected chi connectivity index (χ4v) is 2.45. The average Bonchev–Trinajstić information content (AvgIpc) is 2.25. The van der Waals surface area contributed by atoms with Crippen molar-refractivity contribution in [2.75, 3.05) is 19.6 Å². The van der Waals surface area contributed by atoms with Gasteiger partial charge >= 0.3 is 0 Å². The van der Waals surface area contributed by atoms with Gasteiger partial charge in [-0.2, -0.15) is 0 Å². The first-order valence-corrected chi connectivity index (χ1v) is 6.61. The van der Waals surface area contributed by atoms with Gasteiger partial charge in [0.15, 0.2) is 0 Å². The molecule has 100 valence electrons. The molecule has 0 aromatic heterocycles. The minimum Gasteiger partial charge on any atom is -0.388 e. The van der Waals surface area contributed by atoms with Crippen LogP contribution in [0.25, 0.3) is 0 Å². The van der Waals surface area contributed by atoms with Crippen LogP contribution < -0.4 is 10.6 Å². The maximum Gasteiger partial charge on any atom is 0.224 e. The smallest absolute Gasteiger partial charge is 0.224 e. The number of carbonyl (C=O) groups excluding carboxylic acids is 1. The second-order valence-electron chi connectivity index (χ2n) is 5.86. The van der Waals surface area contributed by atoms with Crippen molar-refractivity contribution in [3.63, 3.8) is 0 Å². The summed E-state index contributed by atoms with van der Waals surface area (Å²) < 4.78 is 0. The third-order valence-electron chi connectivity index (χ3n) is 3.16. The van der Waals surface area contributed by atoms with Gasteiger partial charge in [0.25, 0.3) is 0 Å². The highest BCUT2D eigenvalue weighted by molar-refractivity contribution is 5.79. The van der Waals surface area contributed by atoms with Crippen molar-refractivity contribution in [3.05, 3.63) is 0 Å². The standard InChI is InChI=1S/C13H26N2O2/c1-10(2)7-13(3,17)9-15-12(16)11-5-4-6-14-8-11/h10-11,14,17H,4-9H2,1-3H3,(H,15,16). The number of piperidine rings is 1. The van der Waals surface area contributed by atoms with Crippen molar-refractivity contribution in [1.82, 2.24) is 10.6 Å². The summed E-state index contributed by atoms with van der Waals surface area (Å²) in [6.45, 7) is 8.04. The fraction of sp³-hybridized carbons (Fsp3) is 0.923. The molecule has 4 nitrogen and oxygen atoms in total. The molecular formula is C13H26N2O2. The normalized spacial score (nSPS) is 24.4. The van der Waals surface area contributed by atoms with Crippen molar-refractivity contribution in [3.8, 4) is 0 Å². The van der Waals surface area contributed by atoms with E-state index >= 15 is 0 Å². The molecule has 4 heteroatoms. The number of hydrogen-bond donors (Lipinski definition) is 3. The highest BCUT2D eigenvalue weighted by atomic mass is 16.3. The molecule has 17 heavy (non-hydrogen) atoms. The van der Waals surface area contributed by atoms with Crippen LogP contribution in [-0.4, -0.2) is 36.2 Å². The van der Waals surface area contributed by atoms with Gasteiger partial charge in [0.2, 0.25) is 5.91 Å². The molecule has 1 aliphatic heterocycles. The van der Waals surface area contributed by atoms with Crippen LogP contribution in [0.2, 0.25) is 0 Å². The van der Waals surface area contributed by atoms with E-state index in [9.17, 15) is 9.90 Å². The van der Waals surface area contributed by atoms with Gasteiger partial charge in [0, 0.05) is 13.1 Å². The van der Waals surface area contributed by atoms with Gasteiger partial charge in [-0.15, -0.1) is 0 Å². The SMILES string of the molecule is CC(C)CC(C)(O)CNC(=O)C1CCCNC1. The predicted octanol–water partition coefficient (Wildman–Crippen LogP) is 0.899. The van der Waals surface area contributed by atoms with Crippen LogP contribution in [0.4, 0.5) is 0 Å². The van der Waals surface area contributed by atoms with E-state index in [1.807, 2.05) is 0 Å². The van der Waals surface area contributed by atoms with Gasteiger partial charge in [-0.05, 0) is 38.6 Å². The van der Waals surface area contributed by atoms with Crippen LogP contribution in [0.15, 0.2) is 0 Å². The van der Waals surface area contributed by atoms with E-state index in [1.165, 1.54) is 0 Å². The Balaban J connectivity index is 2.31. The average molecular weight is 242 g/mol. The van der Waals surface area contributed by atoms with E-state index in [0.29, 0.717) is 18.9 Å². The van der Waals surface area contributed by atoms with Gasteiger partial charge in [0.1, 0.15) is 0 Å².